The minimum absolute atomic E-state index is 0.0608. The Bertz CT molecular complexity index is 833. The molecule has 0 fully saturated rings. The van der Waals surface area contributed by atoms with Gasteiger partial charge in [0.25, 0.3) is 0 Å². The molecule has 0 bridgehead atoms. The number of nitrogens with zero attached hydrogens (tertiary/aromatic N) is 2. The summed E-state index contributed by atoms with van der Waals surface area (Å²) < 4.78 is 5.27. The lowest BCUT2D eigenvalue weighted by Gasteiger charge is -2.13. The fourth-order valence-electron chi connectivity index (χ4n) is 2.18. The molecule has 0 amide bonds. The van der Waals surface area contributed by atoms with Crippen LogP contribution in [0.5, 0.6) is 0 Å². The topological polar surface area (TPSA) is 51.0 Å². The molecule has 7 heteroatoms. The van der Waals surface area contributed by atoms with E-state index in [1.54, 1.807) is 18.2 Å². The van der Waals surface area contributed by atoms with Crippen LogP contribution in [0.4, 0.5) is 0 Å². The highest BCUT2D eigenvalue weighted by Gasteiger charge is 2.11. The molecule has 1 N–H and O–H groups in total. The van der Waals surface area contributed by atoms with E-state index in [1.807, 2.05) is 31.2 Å². The zero-order valence-electron chi connectivity index (χ0n) is 12.8. The van der Waals surface area contributed by atoms with Crippen LogP contribution in [0.3, 0.4) is 0 Å². The number of rotatable bonds is 5. The van der Waals surface area contributed by atoms with Gasteiger partial charge in [0.15, 0.2) is 0 Å². The lowest BCUT2D eigenvalue weighted by atomic mass is 10.1. The largest absolute Gasteiger partial charge is 0.338 e. The quantitative estimate of drug-likeness (QED) is 0.628. The van der Waals surface area contributed by atoms with E-state index in [2.05, 4.69) is 15.5 Å². The smallest absolute Gasteiger partial charge is 0.240 e. The van der Waals surface area contributed by atoms with Gasteiger partial charge in [0.2, 0.25) is 11.7 Å². The molecular weight excluding hydrogens is 369 g/mol. The number of halogens is 3. The van der Waals surface area contributed by atoms with Gasteiger partial charge < -0.3 is 9.84 Å². The number of benzene rings is 2. The Kier molecular flexibility index (Phi) is 5.41. The predicted molar refractivity (Wildman–Crippen MR) is 96.5 cm³/mol. The van der Waals surface area contributed by atoms with Gasteiger partial charge in [-0.2, -0.15) is 4.98 Å². The van der Waals surface area contributed by atoms with Crippen LogP contribution in [0.2, 0.25) is 15.1 Å². The molecule has 0 aliphatic heterocycles. The summed E-state index contributed by atoms with van der Waals surface area (Å²) in [5, 5.41) is 9.04. The van der Waals surface area contributed by atoms with Crippen LogP contribution >= 0.6 is 34.8 Å². The highest BCUT2D eigenvalue weighted by Crippen LogP contribution is 2.25. The van der Waals surface area contributed by atoms with Crippen LogP contribution in [0.25, 0.3) is 11.4 Å². The van der Waals surface area contributed by atoms with Gasteiger partial charge in [-0.1, -0.05) is 46.0 Å². The third kappa shape index (κ3) is 4.08. The first-order valence-corrected chi connectivity index (χ1v) is 8.43. The molecule has 0 saturated carbocycles. The van der Waals surface area contributed by atoms with Crippen LogP contribution in [0.1, 0.15) is 24.4 Å². The standard InChI is InChI=1S/C17H14Cl3N3O/c1-10(12-4-7-14(19)15(20)8-12)21-9-16-22-17(23-24-16)11-2-5-13(18)6-3-11/h2-8,10,21H,9H2,1H3. The van der Waals surface area contributed by atoms with E-state index in [0.717, 1.165) is 11.1 Å². The van der Waals surface area contributed by atoms with E-state index >= 15 is 0 Å². The molecule has 1 aromatic heterocycles. The summed E-state index contributed by atoms with van der Waals surface area (Å²) in [5.41, 5.74) is 1.88. The van der Waals surface area contributed by atoms with Crippen molar-refractivity contribution in [2.24, 2.45) is 0 Å². The maximum Gasteiger partial charge on any atom is 0.240 e. The SMILES string of the molecule is CC(NCc1nc(-c2ccc(Cl)cc2)no1)c1ccc(Cl)c(Cl)c1. The zero-order valence-corrected chi connectivity index (χ0v) is 15.0. The van der Waals surface area contributed by atoms with E-state index in [4.69, 9.17) is 39.3 Å². The number of hydrogen-bond donors (Lipinski definition) is 1. The van der Waals surface area contributed by atoms with E-state index in [1.165, 1.54) is 0 Å². The summed E-state index contributed by atoms with van der Waals surface area (Å²) in [6, 6.07) is 12.9. The van der Waals surface area contributed by atoms with Crippen molar-refractivity contribution in [3.63, 3.8) is 0 Å². The lowest BCUT2D eigenvalue weighted by molar-refractivity contribution is 0.360. The van der Waals surface area contributed by atoms with Crippen molar-refractivity contribution < 1.29 is 4.52 Å². The molecule has 3 aromatic rings. The highest BCUT2D eigenvalue weighted by molar-refractivity contribution is 6.42. The number of hydrogen-bond acceptors (Lipinski definition) is 4. The molecule has 1 unspecified atom stereocenters. The van der Waals surface area contributed by atoms with Crippen molar-refractivity contribution in [2.45, 2.75) is 19.5 Å². The fraction of sp³-hybridized carbons (Fsp3) is 0.176. The Balaban J connectivity index is 1.64. The summed E-state index contributed by atoms with van der Waals surface area (Å²) in [5.74, 6) is 1.04. The minimum Gasteiger partial charge on any atom is -0.338 e. The summed E-state index contributed by atoms with van der Waals surface area (Å²) in [6.45, 7) is 2.47. The Morgan fingerprint density at radius 2 is 1.79 bits per heavy atom. The summed E-state index contributed by atoms with van der Waals surface area (Å²) >= 11 is 17.9. The first-order valence-electron chi connectivity index (χ1n) is 7.30. The Morgan fingerprint density at radius 1 is 1.04 bits per heavy atom. The first-order chi connectivity index (χ1) is 11.5. The molecule has 2 aromatic carbocycles. The number of nitrogens with one attached hydrogen (secondary N) is 1. The number of aromatic nitrogens is 2. The second-order valence-electron chi connectivity index (χ2n) is 5.29. The average Bonchev–Trinajstić information content (AvgIpc) is 3.05. The van der Waals surface area contributed by atoms with Crippen LogP contribution in [-0.2, 0) is 6.54 Å². The van der Waals surface area contributed by atoms with E-state index in [-0.39, 0.29) is 6.04 Å². The maximum absolute atomic E-state index is 6.05. The molecule has 0 aliphatic rings. The summed E-state index contributed by atoms with van der Waals surface area (Å²) in [7, 11) is 0. The molecule has 0 radical (unpaired) electrons. The molecule has 1 atom stereocenters. The lowest BCUT2D eigenvalue weighted by Crippen LogP contribution is -2.18. The molecule has 0 saturated heterocycles. The van der Waals surface area contributed by atoms with Crippen molar-refractivity contribution in [1.29, 1.82) is 0 Å². The van der Waals surface area contributed by atoms with Crippen LogP contribution in [-0.4, -0.2) is 10.1 Å². The molecule has 4 nitrogen and oxygen atoms in total. The molecular formula is C17H14Cl3N3O. The van der Waals surface area contributed by atoms with Crippen molar-refractivity contribution in [3.05, 3.63) is 69.0 Å². The first kappa shape index (κ1) is 17.2. The minimum atomic E-state index is 0.0608. The van der Waals surface area contributed by atoms with Crippen LogP contribution < -0.4 is 5.32 Å². The molecule has 3 rings (SSSR count). The average molecular weight is 383 g/mol. The molecule has 24 heavy (non-hydrogen) atoms. The normalized spacial score (nSPS) is 12.3. The third-order valence-corrected chi connectivity index (χ3v) is 4.56. The van der Waals surface area contributed by atoms with E-state index < -0.39 is 0 Å². The van der Waals surface area contributed by atoms with Gasteiger partial charge >= 0.3 is 0 Å². The monoisotopic (exact) mass is 381 g/mol. The van der Waals surface area contributed by atoms with Gasteiger partial charge in [-0.25, -0.2) is 0 Å². The van der Waals surface area contributed by atoms with Crippen molar-refractivity contribution in [1.82, 2.24) is 15.5 Å². The van der Waals surface area contributed by atoms with Crippen LogP contribution in [0.15, 0.2) is 47.0 Å². The van der Waals surface area contributed by atoms with Gasteiger partial charge in [0.1, 0.15) is 0 Å². The molecule has 1 heterocycles. The Morgan fingerprint density at radius 3 is 2.50 bits per heavy atom. The van der Waals surface area contributed by atoms with E-state index in [0.29, 0.717) is 33.3 Å². The Hall–Kier alpha value is -1.59. The predicted octanol–water partition coefficient (Wildman–Crippen LogP) is 5.55. The van der Waals surface area contributed by atoms with Gasteiger partial charge in [0, 0.05) is 16.6 Å². The molecule has 0 spiro atoms. The van der Waals surface area contributed by atoms with Gasteiger partial charge in [-0.3, -0.25) is 0 Å². The van der Waals surface area contributed by atoms with E-state index in [9.17, 15) is 0 Å². The van der Waals surface area contributed by atoms with Crippen LogP contribution in [0, 0.1) is 0 Å². The Labute approximate surface area is 154 Å². The fourth-order valence-corrected chi connectivity index (χ4v) is 2.62. The van der Waals surface area contributed by atoms with Gasteiger partial charge in [0.05, 0.1) is 16.6 Å². The highest BCUT2D eigenvalue weighted by atomic mass is 35.5. The van der Waals surface area contributed by atoms with Crippen molar-refractivity contribution in [2.75, 3.05) is 0 Å². The molecule has 124 valence electrons. The third-order valence-electron chi connectivity index (χ3n) is 3.57. The summed E-state index contributed by atoms with van der Waals surface area (Å²) in [6.07, 6.45) is 0. The second-order valence-corrected chi connectivity index (χ2v) is 6.55. The zero-order chi connectivity index (χ0) is 17.1. The van der Waals surface area contributed by atoms with Gasteiger partial charge in [-0.15, -0.1) is 0 Å². The molecule has 0 aliphatic carbocycles. The van der Waals surface area contributed by atoms with Crippen molar-refractivity contribution in [3.8, 4) is 11.4 Å². The van der Waals surface area contributed by atoms with Crippen molar-refractivity contribution >= 4 is 34.8 Å². The summed E-state index contributed by atoms with van der Waals surface area (Å²) in [4.78, 5) is 4.38. The second kappa shape index (κ2) is 7.53. The van der Waals surface area contributed by atoms with Gasteiger partial charge in [-0.05, 0) is 48.9 Å². The maximum atomic E-state index is 6.05.